The summed E-state index contributed by atoms with van der Waals surface area (Å²) in [6, 6.07) is 0. The van der Waals surface area contributed by atoms with Crippen molar-refractivity contribution in [3.8, 4) is 0 Å². The zero-order chi connectivity index (χ0) is 15.8. The van der Waals surface area contributed by atoms with Crippen LogP contribution in [-0.2, 0) is 12.9 Å². The van der Waals surface area contributed by atoms with Crippen molar-refractivity contribution in [3.05, 3.63) is 20.8 Å². The molecule has 11 heteroatoms. The summed E-state index contributed by atoms with van der Waals surface area (Å²) >= 11 is 0.382. The number of hydrogen-bond acceptors (Lipinski definition) is 8. The van der Waals surface area contributed by atoms with Gasteiger partial charge in [0.2, 0.25) is 0 Å². The molecule has 0 heterocycles. The summed E-state index contributed by atoms with van der Waals surface area (Å²) < 4.78 is 0. The van der Waals surface area contributed by atoms with Crippen molar-refractivity contribution in [1.29, 1.82) is 0 Å². The molecule has 0 aliphatic carbocycles. The van der Waals surface area contributed by atoms with E-state index in [0.29, 0.717) is 12.9 Å². The molecular formula is C8H12Cl2CoN4O4-4. The minimum atomic E-state index is 0.139. The second kappa shape index (κ2) is 17.0. The fraction of sp³-hybridized carbons (Fsp3) is 0.500. The second-order valence-corrected chi connectivity index (χ2v) is 4.47. The van der Waals surface area contributed by atoms with E-state index in [1.165, 1.54) is 27.7 Å². The molecule has 0 saturated carbocycles. The van der Waals surface area contributed by atoms with Crippen LogP contribution >= 0.6 is 20.3 Å². The van der Waals surface area contributed by atoms with Crippen LogP contribution in [0.15, 0.2) is 20.6 Å². The molecule has 0 N–H and O–H groups in total. The van der Waals surface area contributed by atoms with Gasteiger partial charge in [-0.15, -0.1) is 0 Å². The van der Waals surface area contributed by atoms with E-state index in [4.69, 9.17) is 20.3 Å². The standard InChI is InChI=1S/2C4H8N2O2.2ClH.Co/c2*1-3(5-7)4(2)6-8;;;/h2*7-8H,1-2H3;2*1H;/q;;;;+2/p-6. The summed E-state index contributed by atoms with van der Waals surface area (Å²) in [6.45, 7) is 5.74. The quantitative estimate of drug-likeness (QED) is 0.552. The van der Waals surface area contributed by atoms with Crippen molar-refractivity contribution in [2.24, 2.45) is 20.6 Å². The Kier molecular flexibility index (Phi) is 20.6. The predicted molar refractivity (Wildman–Crippen MR) is 77.6 cm³/mol. The van der Waals surface area contributed by atoms with E-state index in [9.17, 15) is 20.8 Å². The van der Waals surface area contributed by atoms with Crippen LogP contribution in [0.3, 0.4) is 0 Å². The monoisotopic (exact) mass is 357 g/mol. The van der Waals surface area contributed by atoms with Gasteiger partial charge in [0.1, 0.15) is 0 Å². The van der Waals surface area contributed by atoms with Crippen LogP contribution in [0, 0.1) is 20.8 Å². The van der Waals surface area contributed by atoms with Gasteiger partial charge in [0, 0.05) is 22.8 Å². The average Bonchev–Trinajstić information content (AvgIpc) is 2.45. The molecule has 0 saturated heterocycles. The topological polar surface area (TPSA) is 142 Å². The van der Waals surface area contributed by atoms with Crippen molar-refractivity contribution < 1.29 is 12.9 Å². The third-order valence-corrected chi connectivity index (χ3v) is 1.59. The van der Waals surface area contributed by atoms with Gasteiger partial charge in [0.15, 0.2) is 0 Å². The van der Waals surface area contributed by atoms with Crippen LogP contribution < -0.4 is 0 Å². The molecule has 0 spiro atoms. The summed E-state index contributed by atoms with van der Waals surface area (Å²) in [7, 11) is 9.47. The molecule has 0 radical (unpaired) electrons. The summed E-state index contributed by atoms with van der Waals surface area (Å²) in [5.41, 5.74) is 0.556. The van der Waals surface area contributed by atoms with Gasteiger partial charge in [-0.2, -0.15) is 0 Å². The normalized spacial score (nSPS) is 13.2. The molecular weight excluding hydrogens is 346 g/mol. The Morgan fingerprint density at radius 2 is 0.737 bits per heavy atom. The number of nitrogens with zero attached hydrogens (tertiary/aromatic N) is 4. The first-order valence-corrected chi connectivity index (χ1v) is 7.24. The maximum absolute atomic E-state index is 9.60. The molecule has 115 valence electrons. The Hall–Kier alpha value is -1.03. The number of hydrogen-bond donors (Lipinski definition) is 0. The van der Waals surface area contributed by atoms with Crippen molar-refractivity contribution >= 4 is 43.1 Å². The van der Waals surface area contributed by atoms with Gasteiger partial charge in [0.05, 0.1) is 0 Å². The van der Waals surface area contributed by atoms with E-state index in [0.717, 1.165) is 0 Å². The molecule has 0 aromatic heterocycles. The molecule has 0 aromatic rings. The van der Waals surface area contributed by atoms with Crippen LogP contribution in [0.5, 0.6) is 0 Å². The molecule has 0 aromatic carbocycles. The Morgan fingerprint density at radius 1 is 0.632 bits per heavy atom. The summed E-state index contributed by atoms with van der Waals surface area (Å²) in [4.78, 5) is 0. The predicted octanol–water partition coefficient (Wildman–Crippen LogP) is 3.18. The molecule has 19 heavy (non-hydrogen) atoms. The Bertz CT molecular complexity index is 284. The van der Waals surface area contributed by atoms with E-state index in [-0.39, 0.29) is 22.8 Å². The van der Waals surface area contributed by atoms with Crippen molar-refractivity contribution in [1.82, 2.24) is 0 Å². The third-order valence-electron chi connectivity index (χ3n) is 1.59. The van der Waals surface area contributed by atoms with Gasteiger partial charge < -0.3 is 41.5 Å². The number of halogens is 2. The minimum absolute atomic E-state index is 0.139. The van der Waals surface area contributed by atoms with Gasteiger partial charge >= 0.3 is 33.2 Å². The molecule has 8 nitrogen and oxygen atoms in total. The Balaban J connectivity index is -0.000000224. The molecule has 0 rings (SSSR count). The van der Waals surface area contributed by atoms with Crippen molar-refractivity contribution in [2.45, 2.75) is 27.7 Å². The van der Waals surface area contributed by atoms with E-state index in [2.05, 4.69) is 20.6 Å². The fourth-order valence-corrected chi connectivity index (χ4v) is 0.264. The van der Waals surface area contributed by atoms with Crippen LogP contribution in [0.1, 0.15) is 27.7 Å². The first kappa shape index (κ1) is 23.1. The SMILES string of the molecule is CC(=N[O-])C(C)=N[O-].CC(=N[O-])C(C)=N[O-].[Cl][Co][Cl]. The molecule has 0 atom stereocenters. The van der Waals surface area contributed by atoms with Gasteiger partial charge in [-0.1, -0.05) is 0 Å². The third kappa shape index (κ3) is 17.0. The van der Waals surface area contributed by atoms with Crippen LogP contribution in [0.25, 0.3) is 0 Å². The molecule has 0 amide bonds. The second-order valence-electron chi connectivity index (χ2n) is 2.75. The van der Waals surface area contributed by atoms with Crippen molar-refractivity contribution in [2.75, 3.05) is 0 Å². The van der Waals surface area contributed by atoms with E-state index in [1.54, 1.807) is 0 Å². The number of rotatable bonds is 2. The van der Waals surface area contributed by atoms with Gasteiger partial charge in [-0.3, -0.25) is 0 Å². The molecule has 0 fully saturated rings. The van der Waals surface area contributed by atoms with E-state index >= 15 is 0 Å². The first-order chi connectivity index (χ1) is 8.85. The zero-order valence-corrected chi connectivity index (χ0v) is 13.1. The van der Waals surface area contributed by atoms with Gasteiger partial charge in [-0.25, -0.2) is 0 Å². The first-order valence-electron chi connectivity index (χ1n) is 4.38. The molecule has 0 bridgehead atoms. The fourth-order valence-electron chi connectivity index (χ4n) is 0.264. The van der Waals surface area contributed by atoms with Gasteiger partial charge in [0.25, 0.3) is 0 Å². The molecule has 0 aliphatic heterocycles. The summed E-state index contributed by atoms with van der Waals surface area (Å²) in [6.07, 6.45) is 0. The maximum atomic E-state index is 9.60. The van der Waals surface area contributed by atoms with E-state index in [1.807, 2.05) is 0 Å². The Morgan fingerprint density at radius 3 is 0.789 bits per heavy atom. The zero-order valence-electron chi connectivity index (χ0n) is 10.5. The molecule has 0 aliphatic rings. The summed E-state index contributed by atoms with van der Waals surface area (Å²) in [5, 5.41) is 48.4. The van der Waals surface area contributed by atoms with Crippen LogP contribution in [0.4, 0.5) is 0 Å². The van der Waals surface area contributed by atoms with Crippen LogP contribution in [0.2, 0.25) is 0 Å². The van der Waals surface area contributed by atoms with Gasteiger partial charge in [-0.05, 0) is 27.7 Å². The molecule has 0 unspecified atom stereocenters. The Labute approximate surface area is 125 Å². The average molecular weight is 358 g/mol. The van der Waals surface area contributed by atoms with Crippen molar-refractivity contribution in [3.63, 3.8) is 0 Å². The van der Waals surface area contributed by atoms with E-state index < -0.39 is 0 Å². The summed E-state index contributed by atoms with van der Waals surface area (Å²) in [5.74, 6) is 0. The van der Waals surface area contributed by atoms with Crippen LogP contribution in [-0.4, -0.2) is 22.8 Å².